The Balaban J connectivity index is 2.13. The van der Waals surface area contributed by atoms with Crippen LogP contribution in [-0.4, -0.2) is 37.4 Å². The lowest BCUT2D eigenvalue weighted by atomic mass is 9.67. The third-order valence-corrected chi connectivity index (χ3v) is 7.02. The Morgan fingerprint density at radius 2 is 1.68 bits per heavy atom. The fourth-order valence-corrected chi connectivity index (χ4v) is 5.22. The lowest BCUT2D eigenvalue weighted by Gasteiger charge is -2.39. The maximum atomic E-state index is 12.0. The molecule has 37 heavy (non-hydrogen) atoms. The first-order chi connectivity index (χ1) is 17.5. The largest absolute Gasteiger partial charge is 0.399 e. The predicted molar refractivity (Wildman–Crippen MR) is 149 cm³/mol. The number of likely N-dealkylation sites (N-methyl/N-ethyl adjacent to an activating group) is 1. The minimum Gasteiger partial charge on any atom is -0.399 e. The Morgan fingerprint density at radius 1 is 1.11 bits per heavy atom. The van der Waals surface area contributed by atoms with Crippen LogP contribution in [0.3, 0.4) is 0 Å². The molecule has 0 fully saturated rings. The first-order valence-corrected chi connectivity index (χ1v) is 12.4. The van der Waals surface area contributed by atoms with Crippen molar-refractivity contribution in [2.24, 2.45) is 11.5 Å². The average molecular weight is 500 g/mol. The fraction of sp³-hybridized carbons (Fsp3) is 0.345. The summed E-state index contributed by atoms with van der Waals surface area (Å²) in [5.74, 6) is -0.125. The Bertz CT molecular complexity index is 1210. The number of rotatable bonds is 10. The molecule has 0 aliphatic heterocycles. The quantitative estimate of drug-likeness (QED) is 0.218. The predicted octanol–water partition coefficient (Wildman–Crippen LogP) is 2.68. The SMILES string of the molecule is C=C(CN[C@@H](C)CC1(C(=N)NC)c2ccc(C(=C)N)cc2CCc2cc(C(N)=O)ccc21)NC(C)C#N. The van der Waals surface area contributed by atoms with Crippen molar-refractivity contribution in [1.82, 2.24) is 16.0 Å². The number of hydrogen-bond acceptors (Lipinski definition) is 6. The molecule has 2 unspecified atom stereocenters. The van der Waals surface area contributed by atoms with Crippen molar-refractivity contribution in [1.29, 1.82) is 10.7 Å². The van der Waals surface area contributed by atoms with Gasteiger partial charge in [0.1, 0.15) is 11.9 Å². The number of nitrogens with two attached hydrogens (primary N) is 2. The van der Waals surface area contributed by atoms with Gasteiger partial charge in [-0.05, 0) is 79.1 Å². The first kappa shape index (κ1) is 27.5. The van der Waals surface area contributed by atoms with Crippen molar-refractivity contribution in [2.75, 3.05) is 13.6 Å². The molecule has 194 valence electrons. The highest BCUT2D eigenvalue weighted by molar-refractivity contribution is 5.97. The smallest absolute Gasteiger partial charge is 0.248 e. The van der Waals surface area contributed by atoms with Crippen LogP contribution in [0.5, 0.6) is 0 Å². The Kier molecular flexibility index (Phi) is 8.41. The topological polar surface area (TPSA) is 153 Å². The number of nitrogens with zero attached hydrogens (tertiary/aromatic N) is 1. The Morgan fingerprint density at radius 3 is 2.19 bits per heavy atom. The molecule has 1 aliphatic rings. The van der Waals surface area contributed by atoms with Gasteiger partial charge < -0.3 is 27.4 Å². The van der Waals surface area contributed by atoms with Crippen LogP contribution in [0.2, 0.25) is 0 Å². The number of fused-ring (bicyclic) bond motifs is 2. The van der Waals surface area contributed by atoms with Crippen LogP contribution in [-0.2, 0) is 18.3 Å². The van der Waals surface area contributed by atoms with E-state index in [2.05, 4.69) is 48.2 Å². The third kappa shape index (κ3) is 5.68. The Hall–Kier alpha value is -4.09. The van der Waals surface area contributed by atoms with Gasteiger partial charge in [0, 0.05) is 36.6 Å². The van der Waals surface area contributed by atoms with E-state index in [1.54, 1.807) is 20.0 Å². The molecule has 0 spiro atoms. The summed E-state index contributed by atoms with van der Waals surface area (Å²) in [6, 6.07) is 13.4. The van der Waals surface area contributed by atoms with E-state index in [0.29, 0.717) is 36.5 Å². The molecule has 8 N–H and O–H groups in total. The highest BCUT2D eigenvalue weighted by atomic mass is 16.1. The number of nitriles is 1. The molecule has 1 aliphatic carbocycles. The molecule has 3 atom stereocenters. The molecule has 2 aromatic rings. The second-order valence-electron chi connectivity index (χ2n) is 9.75. The van der Waals surface area contributed by atoms with Crippen molar-refractivity contribution in [2.45, 2.75) is 50.6 Å². The van der Waals surface area contributed by atoms with E-state index in [-0.39, 0.29) is 12.1 Å². The summed E-state index contributed by atoms with van der Waals surface area (Å²) >= 11 is 0. The zero-order chi connectivity index (χ0) is 27.3. The zero-order valence-corrected chi connectivity index (χ0v) is 21.9. The molecule has 0 bridgehead atoms. The number of carbonyl (C=O) groups is 1. The van der Waals surface area contributed by atoms with Gasteiger partial charge in [0.25, 0.3) is 0 Å². The number of benzene rings is 2. The minimum atomic E-state index is -0.818. The molecule has 2 aromatic carbocycles. The molecule has 0 aromatic heterocycles. The van der Waals surface area contributed by atoms with Crippen LogP contribution in [0.15, 0.2) is 55.3 Å². The summed E-state index contributed by atoms with van der Waals surface area (Å²) in [5, 5.41) is 28.0. The van der Waals surface area contributed by atoms with Gasteiger partial charge in [-0.3, -0.25) is 10.2 Å². The number of carbonyl (C=O) groups excluding carboxylic acids is 1. The minimum absolute atomic E-state index is 0.0385. The van der Waals surface area contributed by atoms with Gasteiger partial charge in [-0.25, -0.2) is 0 Å². The van der Waals surface area contributed by atoms with Crippen molar-refractivity contribution in [3.63, 3.8) is 0 Å². The number of nitrogens with one attached hydrogen (secondary N) is 4. The normalized spacial score (nSPS) is 17.7. The highest BCUT2D eigenvalue weighted by Gasteiger charge is 2.44. The molecule has 0 saturated carbocycles. The maximum Gasteiger partial charge on any atom is 0.248 e. The van der Waals surface area contributed by atoms with Crippen LogP contribution in [0.4, 0.5) is 0 Å². The zero-order valence-electron chi connectivity index (χ0n) is 21.9. The van der Waals surface area contributed by atoms with E-state index < -0.39 is 11.3 Å². The maximum absolute atomic E-state index is 12.0. The van der Waals surface area contributed by atoms with Gasteiger partial charge >= 0.3 is 0 Å². The van der Waals surface area contributed by atoms with Crippen molar-refractivity contribution < 1.29 is 4.79 Å². The molecule has 0 saturated heterocycles. The summed E-state index contributed by atoms with van der Waals surface area (Å²) < 4.78 is 0. The summed E-state index contributed by atoms with van der Waals surface area (Å²) in [6.07, 6.45) is 1.98. The monoisotopic (exact) mass is 499 g/mol. The second-order valence-corrected chi connectivity index (χ2v) is 9.75. The lowest BCUT2D eigenvalue weighted by molar-refractivity contribution is 0.1000. The van der Waals surface area contributed by atoms with Crippen LogP contribution in [0.1, 0.15) is 58.4 Å². The average Bonchev–Trinajstić information content (AvgIpc) is 3.01. The van der Waals surface area contributed by atoms with Gasteiger partial charge in [0.05, 0.1) is 11.5 Å². The summed E-state index contributed by atoms with van der Waals surface area (Å²) in [4.78, 5) is 12.0. The van der Waals surface area contributed by atoms with Gasteiger partial charge in [0.15, 0.2) is 0 Å². The van der Waals surface area contributed by atoms with Crippen molar-refractivity contribution >= 4 is 17.4 Å². The van der Waals surface area contributed by atoms with Gasteiger partial charge in [-0.2, -0.15) is 5.26 Å². The molecule has 3 rings (SSSR count). The summed E-state index contributed by atoms with van der Waals surface area (Å²) in [7, 11) is 1.76. The molecular formula is C29H37N7O. The molecule has 8 heteroatoms. The van der Waals surface area contributed by atoms with E-state index in [4.69, 9.17) is 16.7 Å². The molecule has 8 nitrogen and oxygen atoms in total. The van der Waals surface area contributed by atoms with Crippen molar-refractivity contribution in [3.8, 4) is 6.07 Å². The number of amidine groups is 1. The highest BCUT2D eigenvalue weighted by Crippen LogP contribution is 2.44. The number of aryl methyl sites for hydroxylation is 2. The van der Waals surface area contributed by atoms with Crippen LogP contribution in [0.25, 0.3) is 5.70 Å². The molecule has 0 radical (unpaired) electrons. The number of hydrogen-bond donors (Lipinski definition) is 6. The van der Waals surface area contributed by atoms with Crippen LogP contribution < -0.4 is 27.4 Å². The third-order valence-electron chi connectivity index (χ3n) is 7.02. The fourth-order valence-electron chi connectivity index (χ4n) is 5.22. The first-order valence-electron chi connectivity index (χ1n) is 12.4. The van der Waals surface area contributed by atoms with Gasteiger partial charge in [0.2, 0.25) is 5.91 Å². The van der Waals surface area contributed by atoms with Crippen LogP contribution in [0, 0.1) is 16.7 Å². The van der Waals surface area contributed by atoms with Gasteiger partial charge in [-0.15, -0.1) is 0 Å². The Labute approximate surface area is 219 Å². The van der Waals surface area contributed by atoms with E-state index in [0.717, 1.165) is 39.9 Å². The summed E-state index contributed by atoms with van der Waals surface area (Å²) in [6.45, 7) is 12.3. The van der Waals surface area contributed by atoms with E-state index in [1.807, 2.05) is 24.3 Å². The molecule has 1 amide bonds. The van der Waals surface area contributed by atoms with Crippen LogP contribution >= 0.6 is 0 Å². The van der Waals surface area contributed by atoms with Gasteiger partial charge in [-0.1, -0.05) is 31.4 Å². The molecular weight excluding hydrogens is 462 g/mol. The number of primary amides is 1. The van der Waals surface area contributed by atoms with E-state index in [9.17, 15) is 10.2 Å². The molecule has 0 heterocycles. The second kappa shape index (κ2) is 11.3. The standard InChI is InChI=1S/C29H37N7O/c1-17(35-16-19(3)36-18(2)15-30)14-29(28(33)34-5)25-10-8-21(20(4)31)12-22(25)6-7-23-13-24(27(32)37)9-11-26(23)29/h8-13,17-18,35-36H,3-4,6-7,14,16,31H2,1-2,5H3,(H2,32,37)(H2,33,34)/t17-,18?,29?/m0/s1. The lowest BCUT2D eigenvalue weighted by Crippen LogP contribution is -2.48. The number of amides is 1. The van der Waals surface area contributed by atoms with Crippen molar-refractivity contribution in [3.05, 3.63) is 88.6 Å². The van der Waals surface area contributed by atoms with E-state index in [1.165, 1.54) is 0 Å². The summed E-state index contributed by atoms with van der Waals surface area (Å²) in [5.41, 5.74) is 17.4. The van der Waals surface area contributed by atoms with E-state index >= 15 is 0 Å².